The van der Waals surface area contributed by atoms with Crippen LogP contribution in [0.1, 0.15) is 47.0 Å². The van der Waals surface area contributed by atoms with E-state index in [1.165, 1.54) is 0 Å². The Balaban J connectivity index is 1.97. The van der Waals surface area contributed by atoms with Crippen LogP contribution in [0.3, 0.4) is 0 Å². The van der Waals surface area contributed by atoms with Crippen LogP contribution in [0.15, 0.2) is 58.7 Å². The van der Waals surface area contributed by atoms with E-state index in [0.29, 0.717) is 5.57 Å². The second kappa shape index (κ2) is 4.91. The quantitative estimate of drug-likeness (QED) is 0.374. The number of carbonyl (C=O) groups is 3. The van der Waals surface area contributed by atoms with Crippen LogP contribution >= 0.6 is 0 Å². The van der Waals surface area contributed by atoms with E-state index < -0.39 is 11.6 Å². The van der Waals surface area contributed by atoms with E-state index in [2.05, 4.69) is 34.3 Å². The van der Waals surface area contributed by atoms with Crippen LogP contribution in [0.4, 0.5) is 0 Å². The van der Waals surface area contributed by atoms with Gasteiger partial charge >= 0.3 is 0 Å². The average Bonchev–Trinajstić information content (AvgIpc) is 2.75. The molecule has 0 saturated heterocycles. The Labute approximate surface area is 154 Å². The van der Waals surface area contributed by atoms with Crippen molar-refractivity contribution in [1.29, 1.82) is 0 Å². The maximum Gasteiger partial charge on any atom is 0.226 e. The molecule has 134 valence electrons. The highest BCUT2D eigenvalue weighted by Crippen LogP contribution is 2.68. The third-order valence-electron chi connectivity index (χ3n) is 6.69. The Bertz CT molecular complexity index is 930. The first-order chi connectivity index (χ1) is 12.0. The second-order valence-electron chi connectivity index (χ2n) is 9.38. The molecule has 0 aliphatic heterocycles. The Hall–Kier alpha value is -2.29. The highest BCUT2D eigenvalue weighted by atomic mass is 16.2. The molecule has 0 amide bonds. The first-order valence-electron chi connectivity index (χ1n) is 9.19. The first-order valence-corrected chi connectivity index (χ1v) is 9.19. The van der Waals surface area contributed by atoms with Gasteiger partial charge in [-0.1, -0.05) is 34.3 Å². The lowest BCUT2D eigenvalue weighted by molar-refractivity contribution is -0.131. The molecule has 4 aliphatic carbocycles. The smallest absolute Gasteiger partial charge is 0.226 e. The van der Waals surface area contributed by atoms with Crippen LogP contribution in [0.2, 0.25) is 0 Å². The SMILES string of the molecule is C=C1C=C2C(=CC1=O)C(C)(C)CC21CCC(C)(C)C2=CC(=O)C(=O)C=C21. The van der Waals surface area contributed by atoms with Gasteiger partial charge in [-0.15, -0.1) is 0 Å². The number of fused-ring (bicyclic) bond motifs is 4. The summed E-state index contributed by atoms with van der Waals surface area (Å²) < 4.78 is 0. The zero-order chi connectivity index (χ0) is 19.1. The summed E-state index contributed by atoms with van der Waals surface area (Å²) in [6.45, 7) is 12.5. The third-order valence-corrected chi connectivity index (χ3v) is 6.69. The van der Waals surface area contributed by atoms with Gasteiger partial charge in [0.2, 0.25) is 11.6 Å². The third kappa shape index (κ3) is 2.09. The number of hydrogen-bond donors (Lipinski definition) is 0. The largest absolute Gasteiger partial charge is 0.289 e. The lowest BCUT2D eigenvalue weighted by atomic mass is 9.55. The Morgan fingerprint density at radius 3 is 1.85 bits per heavy atom. The van der Waals surface area contributed by atoms with Gasteiger partial charge in [0.15, 0.2) is 5.78 Å². The minimum atomic E-state index is -0.442. The van der Waals surface area contributed by atoms with Crippen molar-refractivity contribution >= 4 is 17.3 Å². The fourth-order valence-corrected chi connectivity index (χ4v) is 5.30. The normalized spacial score (nSPS) is 31.8. The molecule has 3 nitrogen and oxygen atoms in total. The van der Waals surface area contributed by atoms with Crippen molar-refractivity contribution in [3.63, 3.8) is 0 Å². The van der Waals surface area contributed by atoms with Crippen LogP contribution < -0.4 is 0 Å². The van der Waals surface area contributed by atoms with Gasteiger partial charge in [0.25, 0.3) is 0 Å². The summed E-state index contributed by atoms with van der Waals surface area (Å²) in [4.78, 5) is 36.6. The molecule has 2 saturated carbocycles. The molecule has 1 unspecified atom stereocenters. The van der Waals surface area contributed by atoms with Gasteiger partial charge in [0, 0.05) is 11.0 Å². The van der Waals surface area contributed by atoms with E-state index in [9.17, 15) is 14.4 Å². The van der Waals surface area contributed by atoms with Crippen molar-refractivity contribution in [3.05, 3.63) is 58.7 Å². The summed E-state index contributed by atoms with van der Waals surface area (Å²) in [5.41, 5.74) is 3.98. The van der Waals surface area contributed by atoms with Crippen molar-refractivity contribution in [2.24, 2.45) is 16.2 Å². The molecule has 0 bridgehead atoms. The zero-order valence-electron chi connectivity index (χ0n) is 15.9. The average molecular weight is 348 g/mol. The fourth-order valence-electron chi connectivity index (χ4n) is 5.30. The molecule has 0 N–H and O–H groups in total. The first kappa shape index (κ1) is 17.1. The molecule has 4 aliphatic rings. The predicted octanol–water partition coefficient (Wildman–Crippen LogP) is 4.22. The molecule has 0 radical (unpaired) electrons. The van der Waals surface area contributed by atoms with Crippen molar-refractivity contribution in [2.75, 3.05) is 0 Å². The lowest BCUT2D eigenvalue weighted by Gasteiger charge is -2.48. The number of rotatable bonds is 0. The van der Waals surface area contributed by atoms with Crippen LogP contribution in [0.25, 0.3) is 0 Å². The minimum absolute atomic E-state index is 0.0374. The number of hydrogen-bond acceptors (Lipinski definition) is 3. The van der Waals surface area contributed by atoms with E-state index in [1.807, 2.05) is 6.08 Å². The summed E-state index contributed by atoms with van der Waals surface area (Å²) >= 11 is 0. The molecular formula is C23H24O3. The lowest BCUT2D eigenvalue weighted by Crippen LogP contribution is -2.39. The fraction of sp³-hybridized carbons (Fsp3) is 0.435. The van der Waals surface area contributed by atoms with Gasteiger partial charge in [-0.05, 0) is 76.7 Å². The number of ketones is 3. The summed E-state index contributed by atoms with van der Waals surface area (Å²) in [6.07, 6.45) is 9.43. The van der Waals surface area contributed by atoms with Crippen molar-refractivity contribution in [2.45, 2.75) is 47.0 Å². The van der Waals surface area contributed by atoms with Crippen molar-refractivity contribution in [3.8, 4) is 0 Å². The van der Waals surface area contributed by atoms with E-state index in [0.717, 1.165) is 41.6 Å². The highest BCUT2D eigenvalue weighted by molar-refractivity contribution is 6.47. The van der Waals surface area contributed by atoms with E-state index >= 15 is 0 Å². The Kier molecular flexibility index (Phi) is 3.23. The molecule has 1 atom stereocenters. The molecule has 1 spiro atoms. The Morgan fingerprint density at radius 2 is 1.19 bits per heavy atom. The van der Waals surface area contributed by atoms with Crippen LogP contribution in [-0.2, 0) is 14.4 Å². The molecule has 4 rings (SSSR count). The standard InChI is InChI=1S/C23H24O3/c1-13-8-16-15(9-18(13)24)22(4,5)12-23(16)7-6-21(2,3)14-10-19(25)20(26)11-17(14)23/h8-11H,1,6-7,12H2,2-5H3. The van der Waals surface area contributed by atoms with E-state index in [1.54, 1.807) is 18.2 Å². The van der Waals surface area contributed by atoms with Crippen LogP contribution in [0.5, 0.6) is 0 Å². The number of carbonyl (C=O) groups excluding carboxylic acids is 3. The van der Waals surface area contributed by atoms with Gasteiger partial charge in [0.05, 0.1) is 0 Å². The van der Waals surface area contributed by atoms with Crippen LogP contribution in [0, 0.1) is 16.2 Å². The monoisotopic (exact) mass is 348 g/mol. The summed E-state index contributed by atoms with van der Waals surface area (Å²) in [7, 11) is 0. The Morgan fingerprint density at radius 1 is 0.692 bits per heavy atom. The van der Waals surface area contributed by atoms with Crippen molar-refractivity contribution in [1.82, 2.24) is 0 Å². The molecule has 0 aromatic carbocycles. The van der Waals surface area contributed by atoms with Gasteiger partial charge < -0.3 is 0 Å². The molecule has 3 heteroatoms. The maximum atomic E-state index is 12.3. The molecule has 2 fully saturated rings. The zero-order valence-corrected chi connectivity index (χ0v) is 15.9. The molecule has 0 heterocycles. The summed E-state index contributed by atoms with van der Waals surface area (Å²) in [5, 5.41) is 0. The van der Waals surface area contributed by atoms with Gasteiger partial charge in [-0.3, -0.25) is 14.4 Å². The summed E-state index contributed by atoms with van der Waals surface area (Å²) in [5.74, 6) is -0.911. The maximum absolute atomic E-state index is 12.3. The van der Waals surface area contributed by atoms with Gasteiger partial charge in [-0.25, -0.2) is 0 Å². The molecule has 0 aromatic heterocycles. The number of allylic oxidation sites excluding steroid dienone is 9. The predicted molar refractivity (Wildman–Crippen MR) is 100 cm³/mol. The minimum Gasteiger partial charge on any atom is -0.289 e. The van der Waals surface area contributed by atoms with Gasteiger partial charge in [-0.2, -0.15) is 0 Å². The highest BCUT2D eigenvalue weighted by Gasteiger charge is 2.57. The van der Waals surface area contributed by atoms with Crippen LogP contribution in [-0.4, -0.2) is 17.3 Å². The van der Waals surface area contributed by atoms with E-state index in [-0.39, 0.29) is 22.0 Å². The summed E-state index contributed by atoms with van der Waals surface area (Å²) in [6, 6.07) is 0. The van der Waals surface area contributed by atoms with E-state index in [4.69, 9.17) is 0 Å². The second-order valence-corrected chi connectivity index (χ2v) is 9.38. The molecule has 0 aromatic rings. The molecule has 26 heavy (non-hydrogen) atoms. The van der Waals surface area contributed by atoms with Gasteiger partial charge in [0.1, 0.15) is 0 Å². The van der Waals surface area contributed by atoms with Crippen molar-refractivity contribution < 1.29 is 14.4 Å². The topological polar surface area (TPSA) is 51.2 Å². The molecular weight excluding hydrogens is 324 g/mol.